The molecule has 0 spiro atoms. The minimum Gasteiger partial charge on any atom is -0.326 e. The van der Waals surface area contributed by atoms with E-state index in [1.807, 2.05) is 47.4 Å². The first-order valence-corrected chi connectivity index (χ1v) is 10.6. The SMILES string of the molecule is CCCCC(=O)Nc1cccc([C@@H]2SCC(=O)N2c2ccccc2CC)c1. The van der Waals surface area contributed by atoms with E-state index >= 15 is 0 Å². The largest absolute Gasteiger partial charge is 0.326 e. The molecule has 1 aliphatic rings. The summed E-state index contributed by atoms with van der Waals surface area (Å²) in [6.07, 6.45) is 3.30. The summed E-state index contributed by atoms with van der Waals surface area (Å²) in [6.45, 7) is 4.18. The third-order valence-corrected chi connectivity index (χ3v) is 5.93. The molecular weight excluding hydrogens is 356 g/mol. The molecule has 0 bridgehead atoms. The van der Waals surface area contributed by atoms with Crippen molar-refractivity contribution in [2.45, 2.75) is 44.9 Å². The van der Waals surface area contributed by atoms with Gasteiger partial charge < -0.3 is 5.32 Å². The van der Waals surface area contributed by atoms with Crippen molar-refractivity contribution in [2.24, 2.45) is 0 Å². The van der Waals surface area contributed by atoms with E-state index < -0.39 is 0 Å². The zero-order valence-corrected chi connectivity index (χ0v) is 16.7. The lowest BCUT2D eigenvalue weighted by Gasteiger charge is -2.26. The summed E-state index contributed by atoms with van der Waals surface area (Å²) >= 11 is 1.63. The van der Waals surface area contributed by atoms with E-state index in [4.69, 9.17) is 0 Å². The van der Waals surface area contributed by atoms with Crippen molar-refractivity contribution in [1.82, 2.24) is 0 Å². The molecule has 4 nitrogen and oxygen atoms in total. The van der Waals surface area contributed by atoms with Crippen LogP contribution in [0.15, 0.2) is 48.5 Å². The molecule has 0 radical (unpaired) electrons. The molecule has 2 amide bonds. The van der Waals surface area contributed by atoms with Crippen LogP contribution in [0.2, 0.25) is 0 Å². The van der Waals surface area contributed by atoms with Gasteiger partial charge in [-0.05, 0) is 42.2 Å². The van der Waals surface area contributed by atoms with Gasteiger partial charge in [-0.1, -0.05) is 50.6 Å². The molecule has 0 saturated carbocycles. The fraction of sp³-hybridized carbons (Fsp3) is 0.364. The van der Waals surface area contributed by atoms with Gasteiger partial charge in [-0.25, -0.2) is 0 Å². The van der Waals surface area contributed by atoms with Gasteiger partial charge in [-0.15, -0.1) is 11.8 Å². The van der Waals surface area contributed by atoms with Crippen LogP contribution in [0.4, 0.5) is 11.4 Å². The number of anilines is 2. The van der Waals surface area contributed by atoms with Gasteiger partial charge in [0.25, 0.3) is 0 Å². The van der Waals surface area contributed by atoms with Gasteiger partial charge in [-0.3, -0.25) is 14.5 Å². The molecule has 2 aromatic carbocycles. The molecule has 0 unspecified atom stereocenters. The first-order chi connectivity index (χ1) is 13.1. The first-order valence-electron chi connectivity index (χ1n) is 9.55. The van der Waals surface area contributed by atoms with Crippen LogP contribution in [0, 0.1) is 0 Å². The summed E-state index contributed by atoms with van der Waals surface area (Å²) < 4.78 is 0. The smallest absolute Gasteiger partial charge is 0.238 e. The van der Waals surface area contributed by atoms with Crippen LogP contribution >= 0.6 is 11.8 Å². The van der Waals surface area contributed by atoms with Crippen LogP contribution in [0.5, 0.6) is 0 Å². The summed E-state index contributed by atoms with van der Waals surface area (Å²) in [7, 11) is 0. The molecular formula is C22H26N2O2S. The maximum atomic E-state index is 12.6. The third-order valence-electron chi connectivity index (χ3n) is 4.71. The van der Waals surface area contributed by atoms with Crippen molar-refractivity contribution < 1.29 is 9.59 Å². The lowest BCUT2D eigenvalue weighted by Crippen LogP contribution is -2.28. The monoisotopic (exact) mass is 382 g/mol. The highest BCUT2D eigenvalue weighted by Gasteiger charge is 2.35. The highest BCUT2D eigenvalue weighted by atomic mass is 32.2. The molecule has 1 heterocycles. The number of benzene rings is 2. The number of carbonyl (C=O) groups excluding carboxylic acids is 2. The maximum Gasteiger partial charge on any atom is 0.238 e. The van der Waals surface area contributed by atoms with Gasteiger partial charge in [0.2, 0.25) is 11.8 Å². The van der Waals surface area contributed by atoms with E-state index in [1.165, 1.54) is 5.56 Å². The molecule has 0 aliphatic carbocycles. The van der Waals surface area contributed by atoms with Gasteiger partial charge in [0, 0.05) is 17.8 Å². The minimum absolute atomic E-state index is 0.0392. The second-order valence-electron chi connectivity index (χ2n) is 6.69. The number of aryl methyl sites for hydroxylation is 1. The van der Waals surface area contributed by atoms with Gasteiger partial charge in [0.1, 0.15) is 5.37 Å². The van der Waals surface area contributed by atoms with Crippen LogP contribution in [0.25, 0.3) is 0 Å². The first kappa shape index (κ1) is 19.5. The van der Waals surface area contributed by atoms with Gasteiger partial charge in [-0.2, -0.15) is 0 Å². The summed E-state index contributed by atoms with van der Waals surface area (Å²) in [6, 6.07) is 15.9. The fourth-order valence-electron chi connectivity index (χ4n) is 3.31. The number of para-hydroxylation sites is 1. The molecule has 1 fully saturated rings. The number of unbranched alkanes of at least 4 members (excludes halogenated alkanes) is 1. The Kier molecular flexibility index (Phi) is 6.56. The lowest BCUT2D eigenvalue weighted by molar-refractivity contribution is -0.117. The Morgan fingerprint density at radius 3 is 2.78 bits per heavy atom. The summed E-state index contributed by atoms with van der Waals surface area (Å²) in [5.41, 5.74) is 3.97. The van der Waals surface area contributed by atoms with Crippen molar-refractivity contribution >= 4 is 35.0 Å². The number of nitrogens with one attached hydrogen (secondary N) is 1. The predicted molar refractivity (Wildman–Crippen MR) is 113 cm³/mol. The Morgan fingerprint density at radius 1 is 1.19 bits per heavy atom. The van der Waals surface area contributed by atoms with Crippen LogP contribution in [-0.4, -0.2) is 17.6 Å². The summed E-state index contributed by atoms with van der Waals surface area (Å²) in [4.78, 5) is 26.6. The number of nitrogens with zero attached hydrogens (tertiary/aromatic N) is 1. The molecule has 1 aliphatic heterocycles. The van der Waals surface area contributed by atoms with Crippen molar-refractivity contribution in [3.05, 3.63) is 59.7 Å². The molecule has 27 heavy (non-hydrogen) atoms. The Hall–Kier alpha value is -2.27. The quantitative estimate of drug-likeness (QED) is 0.720. The molecule has 1 N–H and O–H groups in total. The number of amides is 2. The molecule has 1 saturated heterocycles. The average Bonchev–Trinajstić information content (AvgIpc) is 3.07. The highest BCUT2D eigenvalue weighted by molar-refractivity contribution is 8.00. The second-order valence-corrected chi connectivity index (χ2v) is 7.76. The van der Waals surface area contributed by atoms with Crippen LogP contribution in [0.3, 0.4) is 0 Å². The fourth-order valence-corrected chi connectivity index (χ4v) is 4.47. The molecule has 0 aromatic heterocycles. The Balaban J connectivity index is 1.85. The van der Waals surface area contributed by atoms with Crippen molar-refractivity contribution in [3.63, 3.8) is 0 Å². The van der Waals surface area contributed by atoms with E-state index in [9.17, 15) is 9.59 Å². The number of hydrogen-bond acceptors (Lipinski definition) is 3. The van der Waals surface area contributed by atoms with Crippen LogP contribution < -0.4 is 10.2 Å². The zero-order chi connectivity index (χ0) is 19.2. The van der Waals surface area contributed by atoms with Crippen LogP contribution in [0.1, 0.15) is 49.6 Å². The predicted octanol–water partition coefficient (Wildman–Crippen LogP) is 5.16. The Bertz CT molecular complexity index is 821. The van der Waals surface area contributed by atoms with E-state index in [0.717, 1.165) is 36.2 Å². The van der Waals surface area contributed by atoms with E-state index in [0.29, 0.717) is 12.2 Å². The van der Waals surface area contributed by atoms with Crippen LogP contribution in [-0.2, 0) is 16.0 Å². The van der Waals surface area contributed by atoms with E-state index in [2.05, 4.69) is 25.2 Å². The van der Waals surface area contributed by atoms with E-state index in [1.54, 1.807) is 11.8 Å². The number of carbonyl (C=O) groups is 2. The van der Waals surface area contributed by atoms with Crippen molar-refractivity contribution in [1.29, 1.82) is 0 Å². The number of rotatable bonds is 7. The normalized spacial score (nSPS) is 16.6. The second kappa shape index (κ2) is 9.09. The Labute approximate surface area is 165 Å². The van der Waals surface area contributed by atoms with Gasteiger partial charge in [0.15, 0.2) is 0 Å². The minimum atomic E-state index is -0.0716. The van der Waals surface area contributed by atoms with Crippen molar-refractivity contribution in [2.75, 3.05) is 16.0 Å². The molecule has 2 aromatic rings. The van der Waals surface area contributed by atoms with Gasteiger partial charge in [0.05, 0.1) is 5.75 Å². The molecule has 142 valence electrons. The van der Waals surface area contributed by atoms with Crippen molar-refractivity contribution in [3.8, 4) is 0 Å². The van der Waals surface area contributed by atoms with E-state index in [-0.39, 0.29) is 17.2 Å². The summed E-state index contributed by atoms with van der Waals surface area (Å²) in [5.74, 6) is 0.635. The highest BCUT2D eigenvalue weighted by Crippen LogP contribution is 2.43. The topological polar surface area (TPSA) is 49.4 Å². The standard InChI is InChI=1S/C22H26N2O2S/c1-3-5-13-20(25)23-18-11-8-10-17(14-18)22-24(21(26)15-27-22)19-12-7-6-9-16(19)4-2/h6-12,14,22H,3-5,13,15H2,1-2H3,(H,23,25)/t22-/m0/s1. The molecule has 1 atom stereocenters. The molecule has 5 heteroatoms. The molecule has 3 rings (SSSR count). The number of thioether (sulfide) groups is 1. The maximum absolute atomic E-state index is 12.6. The lowest BCUT2D eigenvalue weighted by atomic mass is 10.1. The third kappa shape index (κ3) is 4.53. The average molecular weight is 383 g/mol. The number of hydrogen-bond donors (Lipinski definition) is 1. The zero-order valence-electron chi connectivity index (χ0n) is 15.9. The van der Waals surface area contributed by atoms with Gasteiger partial charge >= 0.3 is 0 Å². The summed E-state index contributed by atoms with van der Waals surface area (Å²) in [5, 5.41) is 2.91. The Morgan fingerprint density at radius 2 is 2.00 bits per heavy atom.